The summed E-state index contributed by atoms with van der Waals surface area (Å²) in [5.41, 5.74) is -1.21. The van der Waals surface area contributed by atoms with Crippen LogP contribution < -0.4 is 10.2 Å². The highest BCUT2D eigenvalue weighted by Gasteiger charge is 2.33. The molecule has 0 aliphatic carbocycles. The molecular formula is C6H2BrF4NO2. The molecule has 78 valence electrons. The molecule has 8 heteroatoms. The molecule has 0 aliphatic rings. The number of nitrogens with one attached hydrogen (secondary N) is 1. The summed E-state index contributed by atoms with van der Waals surface area (Å²) >= 11 is 2.64. The molecule has 0 saturated carbocycles. The lowest BCUT2D eigenvalue weighted by Gasteiger charge is -2.08. The first-order valence-electron chi connectivity index (χ1n) is 3.13. The zero-order valence-corrected chi connectivity index (χ0v) is 7.87. The standard InChI is InChI=1S/C6H2BrF4NO2/c7-2-1-12-5(3(8)4(2)13)14-6(9,10)11/h1H,(H,12,13). The van der Waals surface area contributed by atoms with E-state index in [1.165, 1.54) is 0 Å². The van der Waals surface area contributed by atoms with Crippen LogP contribution in [0.3, 0.4) is 0 Å². The van der Waals surface area contributed by atoms with Crippen molar-refractivity contribution in [1.82, 2.24) is 4.98 Å². The molecule has 0 fully saturated rings. The van der Waals surface area contributed by atoms with Gasteiger partial charge in [-0.15, -0.1) is 13.2 Å². The Balaban J connectivity index is 3.13. The molecule has 0 bridgehead atoms. The van der Waals surface area contributed by atoms with Crippen LogP contribution in [0, 0.1) is 5.82 Å². The van der Waals surface area contributed by atoms with Crippen molar-refractivity contribution < 1.29 is 22.3 Å². The maximum Gasteiger partial charge on any atom is 0.574 e. The molecule has 0 spiro atoms. The molecule has 0 amide bonds. The number of halogens is 5. The van der Waals surface area contributed by atoms with Crippen LogP contribution in [-0.4, -0.2) is 11.3 Å². The van der Waals surface area contributed by atoms with Crippen molar-refractivity contribution in [2.45, 2.75) is 6.36 Å². The third kappa shape index (κ3) is 2.47. The highest BCUT2D eigenvalue weighted by atomic mass is 79.9. The van der Waals surface area contributed by atoms with Crippen LogP contribution in [0.25, 0.3) is 0 Å². The summed E-state index contributed by atoms with van der Waals surface area (Å²) in [6.07, 6.45) is -4.19. The molecule has 0 radical (unpaired) electrons. The largest absolute Gasteiger partial charge is 0.574 e. The third-order valence-corrected chi connectivity index (χ3v) is 1.75. The molecule has 14 heavy (non-hydrogen) atoms. The lowest BCUT2D eigenvalue weighted by Crippen LogP contribution is -2.21. The van der Waals surface area contributed by atoms with Crippen molar-refractivity contribution >= 4 is 15.9 Å². The Hall–Kier alpha value is -1.05. The predicted octanol–water partition coefficient (Wildman–Crippen LogP) is 2.18. The molecule has 1 aromatic rings. The van der Waals surface area contributed by atoms with Gasteiger partial charge in [0.1, 0.15) is 0 Å². The van der Waals surface area contributed by atoms with E-state index in [1.54, 1.807) is 0 Å². The summed E-state index contributed by atoms with van der Waals surface area (Å²) in [6.45, 7) is 0. The molecule has 1 heterocycles. The molecule has 0 aliphatic heterocycles. The number of aromatic nitrogens is 1. The summed E-state index contributed by atoms with van der Waals surface area (Å²) in [4.78, 5) is 12.6. The summed E-state index contributed by atoms with van der Waals surface area (Å²) in [6, 6.07) is 0. The first kappa shape index (κ1) is 11.0. The fraction of sp³-hybridized carbons (Fsp3) is 0.167. The summed E-state index contributed by atoms with van der Waals surface area (Å²) in [5, 5.41) is 0. The second-order valence-electron chi connectivity index (χ2n) is 2.16. The van der Waals surface area contributed by atoms with Gasteiger partial charge in [0, 0.05) is 6.20 Å². The minimum atomic E-state index is -5.04. The average molecular weight is 276 g/mol. The van der Waals surface area contributed by atoms with E-state index in [9.17, 15) is 22.4 Å². The number of hydrogen-bond donors (Lipinski definition) is 1. The highest BCUT2D eigenvalue weighted by Crippen LogP contribution is 2.22. The van der Waals surface area contributed by atoms with Crippen molar-refractivity contribution in [1.29, 1.82) is 0 Å². The topological polar surface area (TPSA) is 42.1 Å². The number of ether oxygens (including phenoxy) is 1. The van der Waals surface area contributed by atoms with Gasteiger partial charge in [-0.2, -0.15) is 4.39 Å². The van der Waals surface area contributed by atoms with Crippen LogP contribution >= 0.6 is 15.9 Å². The molecule has 0 aromatic carbocycles. The van der Waals surface area contributed by atoms with Crippen LogP contribution in [-0.2, 0) is 0 Å². The Labute approximate surface area is 82.8 Å². The molecule has 1 aromatic heterocycles. The van der Waals surface area contributed by atoms with Gasteiger partial charge in [-0.3, -0.25) is 4.79 Å². The number of rotatable bonds is 1. The number of pyridine rings is 1. The van der Waals surface area contributed by atoms with Crippen LogP contribution in [0.4, 0.5) is 17.6 Å². The molecule has 1 rings (SSSR count). The van der Waals surface area contributed by atoms with Crippen LogP contribution in [0.1, 0.15) is 0 Å². The van der Waals surface area contributed by atoms with E-state index < -0.39 is 23.5 Å². The molecule has 0 atom stereocenters. The zero-order chi connectivity index (χ0) is 10.9. The second kappa shape index (κ2) is 3.60. The van der Waals surface area contributed by atoms with E-state index in [0.717, 1.165) is 6.20 Å². The Morgan fingerprint density at radius 1 is 1.43 bits per heavy atom. The molecule has 0 unspecified atom stereocenters. The van der Waals surface area contributed by atoms with Gasteiger partial charge in [-0.05, 0) is 15.9 Å². The van der Waals surface area contributed by atoms with Gasteiger partial charge in [0.15, 0.2) is 0 Å². The average Bonchev–Trinajstić information content (AvgIpc) is 2.04. The zero-order valence-electron chi connectivity index (χ0n) is 6.28. The Morgan fingerprint density at radius 2 is 2.00 bits per heavy atom. The third-order valence-electron chi connectivity index (χ3n) is 1.16. The summed E-state index contributed by atoms with van der Waals surface area (Å²) in [7, 11) is 0. The smallest absolute Gasteiger partial charge is 0.387 e. The number of H-pyrrole nitrogens is 1. The SMILES string of the molecule is O=c1c(Br)c[nH]c(OC(F)(F)F)c1F. The van der Waals surface area contributed by atoms with Gasteiger partial charge >= 0.3 is 6.36 Å². The molecule has 1 N–H and O–H groups in total. The summed E-state index contributed by atoms with van der Waals surface area (Å²) < 4.78 is 50.7. The van der Waals surface area contributed by atoms with E-state index >= 15 is 0 Å². The Kier molecular flexibility index (Phi) is 2.84. The Bertz CT molecular complexity index is 400. The van der Waals surface area contributed by atoms with Gasteiger partial charge in [0.2, 0.25) is 17.1 Å². The van der Waals surface area contributed by atoms with Gasteiger partial charge < -0.3 is 9.72 Å². The van der Waals surface area contributed by atoms with Crippen LogP contribution in [0.5, 0.6) is 5.88 Å². The monoisotopic (exact) mass is 275 g/mol. The van der Waals surface area contributed by atoms with E-state index in [0.29, 0.717) is 0 Å². The second-order valence-corrected chi connectivity index (χ2v) is 3.01. The minimum Gasteiger partial charge on any atom is -0.387 e. The highest BCUT2D eigenvalue weighted by molar-refractivity contribution is 9.10. The van der Waals surface area contributed by atoms with Crippen LogP contribution in [0.2, 0.25) is 0 Å². The van der Waals surface area contributed by atoms with Crippen molar-refractivity contribution in [3.8, 4) is 5.88 Å². The van der Waals surface area contributed by atoms with E-state index in [1.807, 2.05) is 4.98 Å². The minimum absolute atomic E-state index is 0.218. The maximum absolute atomic E-state index is 12.8. The normalized spacial score (nSPS) is 11.5. The lowest BCUT2D eigenvalue weighted by molar-refractivity contribution is -0.277. The quantitative estimate of drug-likeness (QED) is 0.799. The van der Waals surface area contributed by atoms with Crippen LogP contribution in [0.15, 0.2) is 15.5 Å². The number of aromatic amines is 1. The lowest BCUT2D eigenvalue weighted by atomic mass is 10.4. The van der Waals surface area contributed by atoms with Gasteiger partial charge in [0.25, 0.3) is 0 Å². The van der Waals surface area contributed by atoms with Crippen molar-refractivity contribution in [2.75, 3.05) is 0 Å². The first-order chi connectivity index (χ1) is 6.31. The fourth-order valence-electron chi connectivity index (χ4n) is 0.656. The summed E-state index contributed by atoms with van der Waals surface area (Å²) in [5.74, 6) is -2.89. The van der Waals surface area contributed by atoms with Crippen molar-refractivity contribution in [3.63, 3.8) is 0 Å². The van der Waals surface area contributed by atoms with E-state index in [2.05, 4.69) is 20.7 Å². The Morgan fingerprint density at radius 3 is 2.50 bits per heavy atom. The first-order valence-corrected chi connectivity index (χ1v) is 3.93. The van der Waals surface area contributed by atoms with E-state index in [4.69, 9.17) is 0 Å². The van der Waals surface area contributed by atoms with E-state index in [-0.39, 0.29) is 4.47 Å². The van der Waals surface area contributed by atoms with Crippen molar-refractivity contribution in [3.05, 3.63) is 26.7 Å². The number of hydrogen-bond acceptors (Lipinski definition) is 2. The number of alkyl halides is 3. The molecule has 0 saturated heterocycles. The fourth-order valence-corrected chi connectivity index (χ4v) is 0.944. The van der Waals surface area contributed by atoms with Gasteiger partial charge in [0.05, 0.1) is 4.47 Å². The van der Waals surface area contributed by atoms with Gasteiger partial charge in [-0.25, -0.2) is 0 Å². The molecular weight excluding hydrogens is 274 g/mol. The maximum atomic E-state index is 12.8. The predicted molar refractivity (Wildman–Crippen MR) is 41.4 cm³/mol. The van der Waals surface area contributed by atoms with Crippen molar-refractivity contribution in [2.24, 2.45) is 0 Å². The molecule has 3 nitrogen and oxygen atoms in total. The van der Waals surface area contributed by atoms with Gasteiger partial charge in [-0.1, -0.05) is 0 Å².